The highest BCUT2D eigenvalue weighted by Crippen LogP contribution is 2.25. The van der Waals surface area contributed by atoms with Crippen LogP contribution >= 0.6 is 0 Å². The number of nitrogens with one attached hydrogen (secondary N) is 1. The molecule has 1 N–H and O–H groups in total. The topological polar surface area (TPSA) is 98.5 Å². The standard InChI is InChI=1S/C10H14N2O5S/c1-4-17-11-18(15,16)10-6-9(12(13)14)5-7(2)8(10)3/h5-6,11H,4H2,1-3H3. The summed E-state index contributed by atoms with van der Waals surface area (Å²) < 4.78 is 23.8. The van der Waals surface area contributed by atoms with Crippen molar-refractivity contribution in [3.63, 3.8) is 0 Å². The lowest BCUT2D eigenvalue weighted by Crippen LogP contribution is -2.25. The summed E-state index contributed by atoms with van der Waals surface area (Å²) in [6, 6.07) is 2.35. The molecule has 18 heavy (non-hydrogen) atoms. The molecule has 0 fully saturated rings. The van der Waals surface area contributed by atoms with Crippen molar-refractivity contribution in [2.75, 3.05) is 6.61 Å². The number of aryl methyl sites for hydroxylation is 1. The maximum Gasteiger partial charge on any atom is 0.271 e. The lowest BCUT2D eigenvalue weighted by atomic mass is 10.1. The van der Waals surface area contributed by atoms with Crippen molar-refractivity contribution in [2.45, 2.75) is 25.7 Å². The highest BCUT2D eigenvalue weighted by molar-refractivity contribution is 7.89. The van der Waals surface area contributed by atoms with E-state index in [1.165, 1.54) is 6.07 Å². The van der Waals surface area contributed by atoms with Crippen molar-refractivity contribution >= 4 is 15.7 Å². The van der Waals surface area contributed by atoms with Crippen LogP contribution in [-0.4, -0.2) is 19.9 Å². The molecule has 0 heterocycles. The second-order valence-electron chi connectivity index (χ2n) is 3.66. The van der Waals surface area contributed by atoms with Crippen LogP contribution in [0.15, 0.2) is 17.0 Å². The van der Waals surface area contributed by atoms with Crippen molar-refractivity contribution in [1.29, 1.82) is 0 Å². The summed E-state index contributed by atoms with van der Waals surface area (Å²) in [5.41, 5.74) is 0.712. The molecule has 0 aliphatic carbocycles. The molecule has 7 nitrogen and oxygen atoms in total. The highest BCUT2D eigenvalue weighted by atomic mass is 32.2. The van der Waals surface area contributed by atoms with Crippen LogP contribution in [-0.2, 0) is 14.9 Å². The van der Waals surface area contributed by atoms with Gasteiger partial charge in [-0.1, -0.05) is 4.89 Å². The summed E-state index contributed by atoms with van der Waals surface area (Å²) in [6.07, 6.45) is 0. The molecule has 100 valence electrons. The zero-order valence-corrected chi connectivity index (χ0v) is 11.1. The zero-order valence-electron chi connectivity index (χ0n) is 10.3. The first-order chi connectivity index (χ1) is 8.29. The van der Waals surface area contributed by atoms with Crippen molar-refractivity contribution in [3.8, 4) is 0 Å². The number of nitro benzene ring substituents is 1. The summed E-state index contributed by atoms with van der Waals surface area (Å²) in [5, 5.41) is 10.7. The molecule has 1 rings (SSSR count). The fourth-order valence-electron chi connectivity index (χ4n) is 1.37. The number of hydrogen-bond acceptors (Lipinski definition) is 5. The van der Waals surface area contributed by atoms with Crippen LogP contribution in [0.4, 0.5) is 5.69 Å². The molecule has 0 unspecified atom stereocenters. The van der Waals surface area contributed by atoms with E-state index in [4.69, 9.17) is 0 Å². The number of non-ortho nitro benzene ring substituents is 1. The lowest BCUT2D eigenvalue weighted by molar-refractivity contribution is -0.385. The Hall–Kier alpha value is -1.51. The molecular weight excluding hydrogens is 260 g/mol. The Labute approximate surface area is 105 Å². The van der Waals surface area contributed by atoms with Crippen LogP contribution in [0.25, 0.3) is 0 Å². The van der Waals surface area contributed by atoms with Crippen LogP contribution in [0.1, 0.15) is 18.1 Å². The quantitative estimate of drug-likeness (QED) is 0.647. The van der Waals surface area contributed by atoms with Gasteiger partial charge in [-0.25, -0.2) is 8.42 Å². The van der Waals surface area contributed by atoms with E-state index in [0.29, 0.717) is 11.1 Å². The normalized spacial score (nSPS) is 11.5. The first-order valence-corrected chi connectivity index (χ1v) is 6.67. The largest absolute Gasteiger partial charge is 0.287 e. The van der Waals surface area contributed by atoms with Crippen molar-refractivity contribution in [2.24, 2.45) is 0 Å². The van der Waals surface area contributed by atoms with Gasteiger partial charge in [0, 0.05) is 12.1 Å². The van der Waals surface area contributed by atoms with Crippen molar-refractivity contribution < 1.29 is 18.2 Å². The Morgan fingerprint density at radius 3 is 2.50 bits per heavy atom. The van der Waals surface area contributed by atoms with Gasteiger partial charge in [-0.3, -0.25) is 15.0 Å². The van der Waals surface area contributed by atoms with Crippen LogP contribution < -0.4 is 4.89 Å². The molecule has 0 saturated carbocycles. The van der Waals surface area contributed by atoms with E-state index in [9.17, 15) is 18.5 Å². The van der Waals surface area contributed by atoms with Gasteiger partial charge in [-0.05, 0) is 31.9 Å². The first-order valence-electron chi connectivity index (χ1n) is 5.18. The molecule has 0 saturated heterocycles. The maximum absolute atomic E-state index is 11.9. The molecule has 0 bridgehead atoms. The Bertz CT molecular complexity index is 568. The third-order valence-electron chi connectivity index (χ3n) is 2.42. The number of nitro groups is 1. The van der Waals surface area contributed by atoms with Crippen molar-refractivity contribution in [1.82, 2.24) is 4.89 Å². The smallest absolute Gasteiger partial charge is 0.271 e. The fraction of sp³-hybridized carbons (Fsp3) is 0.400. The molecule has 0 spiro atoms. The van der Waals surface area contributed by atoms with Gasteiger partial charge in [0.05, 0.1) is 16.4 Å². The average Bonchev–Trinajstić information content (AvgIpc) is 2.29. The van der Waals surface area contributed by atoms with E-state index in [2.05, 4.69) is 4.84 Å². The van der Waals surface area contributed by atoms with Crippen LogP contribution in [0.3, 0.4) is 0 Å². The number of rotatable bonds is 5. The minimum Gasteiger partial charge on any atom is -0.287 e. The third kappa shape index (κ3) is 3.03. The van der Waals surface area contributed by atoms with Gasteiger partial charge in [0.2, 0.25) is 0 Å². The summed E-state index contributed by atoms with van der Waals surface area (Å²) >= 11 is 0. The molecule has 0 aliphatic heterocycles. The van der Waals surface area contributed by atoms with Gasteiger partial charge in [-0.2, -0.15) is 0 Å². The Balaban J connectivity index is 3.35. The number of sulfonamides is 1. The highest BCUT2D eigenvalue weighted by Gasteiger charge is 2.22. The molecule has 8 heteroatoms. The minimum atomic E-state index is -3.91. The fourth-order valence-corrected chi connectivity index (χ4v) is 2.58. The summed E-state index contributed by atoms with van der Waals surface area (Å²) in [4.78, 5) is 16.5. The second-order valence-corrected chi connectivity index (χ2v) is 5.28. The molecule has 0 aliphatic rings. The van der Waals surface area contributed by atoms with Gasteiger partial charge in [0.25, 0.3) is 15.7 Å². The van der Waals surface area contributed by atoms with E-state index in [-0.39, 0.29) is 17.2 Å². The van der Waals surface area contributed by atoms with Gasteiger partial charge in [0.1, 0.15) is 0 Å². The predicted octanol–water partition coefficient (Wildman–Crippen LogP) is 1.44. The van der Waals surface area contributed by atoms with Crippen LogP contribution in [0.2, 0.25) is 0 Å². The first kappa shape index (κ1) is 14.6. The third-order valence-corrected chi connectivity index (χ3v) is 3.76. The molecule has 0 atom stereocenters. The Morgan fingerprint density at radius 1 is 1.39 bits per heavy atom. The van der Waals surface area contributed by atoms with Gasteiger partial charge in [-0.15, -0.1) is 0 Å². The second kappa shape index (κ2) is 5.42. The summed E-state index contributed by atoms with van der Waals surface area (Å²) in [6.45, 7) is 4.97. The molecule has 1 aromatic carbocycles. The molecule has 0 amide bonds. The maximum atomic E-state index is 11.9. The molecule has 1 aromatic rings. The number of hydrogen-bond donors (Lipinski definition) is 1. The summed E-state index contributed by atoms with van der Waals surface area (Å²) in [7, 11) is -3.91. The van der Waals surface area contributed by atoms with Gasteiger partial charge in [0.15, 0.2) is 0 Å². The van der Waals surface area contributed by atoms with E-state index in [1.54, 1.807) is 20.8 Å². The monoisotopic (exact) mass is 274 g/mol. The molecule has 0 aromatic heterocycles. The molecular formula is C10H14N2O5S. The van der Waals surface area contributed by atoms with E-state index < -0.39 is 14.9 Å². The van der Waals surface area contributed by atoms with E-state index >= 15 is 0 Å². The predicted molar refractivity (Wildman–Crippen MR) is 64.5 cm³/mol. The Kier molecular flexibility index (Phi) is 4.38. The van der Waals surface area contributed by atoms with E-state index in [1.807, 2.05) is 4.89 Å². The van der Waals surface area contributed by atoms with Crippen LogP contribution in [0, 0.1) is 24.0 Å². The van der Waals surface area contributed by atoms with Gasteiger partial charge < -0.3 is 0 Å². The van der Waals surface area contributed by atoms with Crippen molar-refractivity contribution in [3.05, 3.63) is 33.4 Å². The Morgan fingerprint density at radius 2 is 2.00 bits per heavy atom. The number of nitrogens with zero attached hydrogens (tertiary/aromatic N) is 1. The van der Waals surface area contributed by atoms with E-state index in [0.717, 1.165) is 6.07 Å². The SMILES string of the molecule is CCONS(=O)(=O)c1cc([N+](=O)[O-])cc(C)c1C. The van der Waals surface area contributed by atoms with Crippen LogP contribution in [0.5, 0.6) is 0 Å². The van der Waals surface area contributed by atoms with Gasteiger partial charge >= 0.3 is 0 Å². The number of benzene rings is 1. The zero-order chi connectivity index (χ0) is 13.9. The lowest BCUT2D eigenvalue weighted by Gasteiger charge is -2.10. The summed E-state index contributed by atoms with van der Waals surface area (Å²) in [5.74, 6) is 0. The average molecular weight is 274 g/mol. The minimum absolute atomic E-state index is 0.150. The molecule has 0 radical (unpaired) electrons.